The Bertz CT molecular complexity index is 770. The number of phenols is 1. The van der Waals surface area contributed by atoms with Crippen molar-refractivity contribution in [2.75, 3.05) is 0 Å². The highest BCUT2D eigenvalue weighted by atomic mass is 16.6. The van der Waals surface area contributed by atoms with Crippen molar-refractivity contribution in [3.63, 3.8) is 0 Å². The average molecular weight is 315 g/mol. The Morgan fingerprint density at radius 3 is 2.52 bits per heavy atom. The highest BCUT2D eigenvalue weighted by Gasteiger charge is 2.24. The zero-order chi connectivity index (χ0) is 17.1. The Hall–Kier alpha value is -2.89. The summed E-state index contributed by atoms with van der Waals surface area (Å²) in [5.41, 5.74) is 2.56. The molecular formula is C17H17NO5. The van der Waals surface area contributed by atoms with E-state index in [0.717, 1.165) is 11.1 Å². The number of carboxylic acid groups (broad SMARTS) is 1. The molecule has 0 aliphatic heterocycles. The van der Waals surface area contributed by atoms with Crippen molar-refractivity contribution in [1.29, 1.82) is 0 Å². The lowest BCUT2D eigenvalue weighted by Gasteiger charge is -2.16. The van der Waals surface area contributed by atoms with E-state index in [-0.39, 0.29) is 6.42 Å². The molecule has 0 aliphatic rings. The first-order valence-electron chi connectivity index (χ1n) is 7.06. The zero-order valence-electron chi connectivity index (χ0n) is 12.8. The van der Waals surface area contributed by atoms with E-state index >= 15 is 0 Å². The number of carboxylic acids is 1. The van der Waals surface area contributed by atoms with Crippen LogP contribution in [0.25, 0.3) is 0 Å². The molecule has 23 heavy (non-hydrogen) atoms. The SMILES string of the molecule is Cc1ccc(C)c(C(Cc2ccc(O)c([N+](=O)[O-])c2)C(=O)O)c1. The number of aryl methyl sites for hydroxylation is 2. The molecule has 0 saturated heterocycles. The van der Waals surface area contributed by atoms with Gasteiger partial charge in [0.2, 0.25) is 0 Å². The van der Waals surface area contributed by atoms with E-state index in [0.29, 0.717) is 11.1 Å². The summed E-state index contributed by atoms with van der Waals surface area (Å²) >= 11 is 0. The summed E-state index contributed by atoms with van der Waals surface area (Å²) in [6.45, 7) is 3.72. The minimum absolute atomic E-state index is 0.112. The van der Waals surface area contributed by atoms with Crippen LogP contribution < -0.4 is 0 Å². The third-order valence-electron chi connectivity index (χ3n) is 3.78. The van der Waals surface area contributed by atoms with E-state index in [1.54, 1.807) is 0 Å². The molecule has 6 heteroatoms. The van der Waals surface area contributed by atoms with Crippen molar-refractivity contribution in [2.45, 2.75) is 26.2 Å². The molecule has 0 aliphatic carbocycles. The molecule has 0 heterocycles. The minimum atomic E-state index is -0.991. The van der Waals surface area contributed by atoms with E-state index in [1.165, 1.54) is 18.2 Å². The van der Waals surface area contributed by atoms with Crippen LogP contribution in [0.4, 0.5) is 5.69 Å². The fraction of sp³-hybridized carbons (Fsp3) is 0.235. The normalized spacial score (nSPS) is 11.9. The molecule has 0 amide bonds. The summed E-state index contributed by atoms with van der Waals surface area (Å²) in [4.78, 5) is 21.9. The summed E-state index contributed by atoms with van der Waals surface area (Å²) in [6, 6.07) is 9.53. The smallest absolute Gasteiger partial charge is 0.311 e. The van der Waals surface area contributed by atoms with Gasteiger partial charge in [0.05, 0.1) is 10.8 Å². The van der Waals surface area contributed by atoms with Crippen LogP contribution in [0, 0.1) is 24.0 Å². The van der Waals surface area contributed by atoms with Gasteiger partial charge in [-0.3, -0.25) is 14.9 Å². The van der Waals surface area contributed by atoms with Gasteiger partial charge in [-0.05, 0) is 43.0 Å². The van der Waals surface area contributed by atoms with Crippen molar-refractivity contribution in [1.82, 2.24) is 0 Å². The second kappa shape index (κ2) is 6.48. The maximum absolute atomic E-state index is 11.7. The lowest BCUT2D eigenvalue weighted by Crippen LogP contribution is -2.16. The molecule has 120 valence electrons. The van der Waals surface area contributed by atoms with E-state index in [2.05, 4.69) is 0 Å². The number of nitrogens with zero attached hydrogens (tertiary/aromatic N) is 1. The summed E-state index contributed by atoms with van der Waals surface area (Å²) in [6.07, 6.45) is 0.112. The molecular weight excluding hydrogens is 298 g/mol. The van der Waals surface area contributed by atoms with Crippen LogP contribution in [0.2, 0.25) is 0 Å². The Morgan fingerprint density at radius 1 is 1.22 bits per heavy atom. The monoisotopic (exact) mass is 315 g/mol. The van der Waals surface area contributed by atoms with Crippen LogP contribution in [0.1, 0.15) is 28.2 Å². The quantitative estimate of drug-likeness (QED) is 0.651. The van der Waals surface area contributed by atoms with Crippen molar-refractivity contribution in [3.8, 4) is 5.75 Å². The van der Waals surface area contributed by atoms with Gasteiger partial charge < -0.3 is 10.2 Å². The first kappa shape index (κ1) is 16.5. The standard InChI is InChI=1S/C17H17NO5/c1-10-3-4-11(2)13(7-10)14(17(20)21)8-12-5-6-16(19)15(9-12)18(22)23/h3-7,9,14,19H,8H2,1-2H3,(H,20,21). The number of nitro benzene ring substituents is 1. The van der Waals surface area contributed by atoms with E-state index in [9.17, 15) is 25.1 Å². The predicted octanol–water partition coefficient (Wildman–Crippen LogP) is 3.33. The Morgan fingerprint density at radius 2 is 1.91 bits per heavy atom. The van der Waals surface area contributed by atoms with Crippen molar-refractivity contribution in [2.24, 2.45) is 0 Å². The van der Waals surface area contributed by atoms with Gasteiger partial charge in [-0.2, -0.15) is 0 Å². The molecule has 1 unspecified atom stereocenters. The van der Waals surface area contributed by atoms with Gasteiger partial charge in [-0.15, -0.1) is 0 Å². The van der Waals surface area contributed by atoms with Gasteiger partial charge in [-0.1, -0.05) is 29.8 Å². The van der Waals surface area contributed by atoms with E-state index in [1.807, 2.05) is 32.0 Å². The van der Waals surface area contributed by atoms with Crippen LogP contribution in [-0.2, 0) is 11.2 Å². The number of phenolic OH excluding ortho intramolecular Hbond substituents is 1. The van der Waals surface area contributed by atoms with Crippen molar-refractivity contribution >= 4 is 11.7 Å². The van der Waals surface area contributed by atoms with Crippen LogP contribution >= 0.6 is 0 Å². The molecule has 0 bridgehead atoms. The third-order valence-corrected chi connectivity index (χ3v) is 3.78. The van der Waals surface area contributed by atoms with Crippen LogP contribution in [0.15, 0.2) is 36.4 Å². The molecule has 0 aromatic heterocycles. The second-order valence-corrected chi connectivity index (χ2v) is 5.54. The van der Waals surface area contributed by atoms with Crippen LogP contribution in [0.5, 0.6) is 5.75 Å². The van der Waals surface area contributed by atoms with Gasteiger partial charge in [0.25, 0.3) is 0 Å². The molecule has 2 aromatic rings. The maximum atomic E-state index is 11.7. The number of aromatic hydroxyl groups is 1. The van der Waals surface area contributed by atoms with E-state index in [4.69, 9.17) is 0 Å². The number of benzene rings is 2. The molecule has 1 atom stereocenters. The minimum Gasteiger partial charge on any atom is -0.502 e. The van der Waals surface area contributed by atoms with Gasteiger partial charge in [0.15, 0.2) is 5.75 Å². The molecule has 0 spiro atoms. The summed E-state index contributed by atoms with van der Waals surface area (Å²) in [5.74, 6) is -2.23. The lowest BCUT2D eigenvalue weighted by molar-refractivity contribution is -0.385. The molecule has 0 fully saturated rings. The number of rotatable bonds is 5. The van der Waals surface area contributed by atoms with E-state index < -0.39 is 28.2 Å². The van der Waals surface area contributed by atoms with Crippen molar-refractivity contribution in [3.05, 3.63) is 68.8 Å². The van der Waals surface area contributed by atoms with Gasteiger partial charge in [0.1, 0.15) is 0 Å². The lowest BCUT2D eigenvalue weighted by atomic mass is 9.88. The number of hydrogen-bond acceptors (Lipinski definition) is 4. The molecule has 6 nitrogen and oxygen atoms in total. The van der Waals surface area contributed by atoms with Crippen LogP contribution in [-0.4, -0.2) is 21.1 Å². The largest absolute Gasteiger partial charge is 0.502 e. The number of aliphatic carboxylic acids is 1. The third kappa shape index (κ3) is 3.66. The zero-order valence-corrected chi connectivity index (χ0v) is 12.8. The molecule has 0 saturated carbocycles. The van der Waals surface area contributed by atoms with Gasteiger partial charge in [0, 0.05) is 6.07 Å². The first-order chi connectivity index (χ1) is 10.8. The second-order valence-electron chi connectivity index (χ2n) is 5.54. The summed E-state index contributed by atoms with van der Waals surface area (Å²) in [7, 11) is 0. The van der Waals surface area contributed by atoms with Crippen LogP contribution in [0.3, 0.4) is 0 Å². The highest BCUT2D eigenvalue weighted by Crippen LogP contribution is 2.30. The Kier molecular flexibility index (Phi) is 4.64. The Balaban J connectivity index is 2.41. The predicted molar refractivity (Wildman–Crippen MR) is 84.8 cm³/mol. The summed E-state index contributed by atoms with van der Waals surface area (Å²) < 4.78 is 0. The topological polar surface area (TPSA) is 101 Å². The fourth-order valence-corrected chi connectivity index (χ4v) is 2.54. The number of hydrogen-bond donors (Lipinski definition) is 2. The molecule has 2 N–H and O–H groups in total. The maximum Gasteiger partial charge on any atom is 0.311 e. The average Bonchev–Trinajstić information content (AvgIpc) is 2.48. The van der Waals surface area contributed by atoms with Gasteiger partial charge >= 0.3 is 11.7 Å². The Labute approximate surface area is 133 Å². The number of carbonyl (C=O) groups is 1. The molecule has 0 radical (unpaired) electrons. The summed E-state index contributed by atoms with van der Waals surface area (Å²) in [5, 5.41) is 29.9. The number of nitro groups is 1. The fourth-order valence-electron chi connectivity index (χ4n) is 2.54. The van der Waals surface area contributed by atoms with Crippen molar-refractivity contribution < 1.29 is 19.9 Å². The highest BCUT2D eigenvalue weighted by molar-refractivity contribution is 5.77. The molecule has 2 aromatic carbocycles. The first-order valence-corrected chi connectivity index (χ1v) is 7.06. The molecule has 2 rings (SSSR count). The van der Waals surface area contributed by atoms with Gasteiger partial charge in [-0.25, -0.2) is 0 Å².